The van der Waals surface area contributed by atoms with E-state index in [0.717, 1.165) is 37.6 Å². The molecule has 25 heavy (non-hydrogen) atoms. The maximum absolute atomic E-state index is 12.3. The van der Waals surface area contributed by atoms with Crippen LogP contribution in [-0.2, 0) is 13.1 Å². The number of benzene rings is 1. The van der Waals surface area contributed by atoms with Crippen molar-refractivity contribution in [3.05, 3.63) is 52.6 Å². The molecule has 6 nitrogen and oxygen atoms in total. The standard InChI is InChI=1S/C18H21N5OS/c24-18(21-11-16-10-19-13-25-16)23-7-5-22(6-8-23)12-14-1-2-17-15(9-14)3-4-20-17/h1-4,9-10,13,20H,5-8,11-12H2,(H,21,24). The first-order chi connectivity index (χ1) is 12.3. The number of hydrogen-bond donors (Lipinski definition) is 2. The summed E-state index contributed by atoms with van der Waals surface area (Å²) in [6, 6.07) is 8.66. The highest BCUT2D eigenvalue weighted by Gasteiger charge is 2.21. The van der Waals surface area contributed by atoms with Crippen LogP contribution in [0.3, 0.4) is 0 Å². The number of carbonyl (C=O) groups is 1. The number of nitrogens with one attached hydrogen (secondary N) is 2. The lowest BCUT2D eigenvalue weighted by atomic mass is 10.1. The molecule has 3 aromatic rings. The fourth-order valence-electron chi connectivity index (χ4n) is 3.17. The average molecular weight is 355 g/mol. The third-order valence-electron chi connectivity index (χ3n) is 4.58. The van der Waals surface area contributed by atoms with E-state index in [1.165, 1.54) is 16.5 Å². The number of urea groups is 1. The molecule has 1 fully saturated rings. The molecule has 1 aliphatic heterocycles. The summed E-state index contributed by atoms with van der Waals surface area (Å²) in [6.07, 6.45) is 3.77. The van der Waals surface area contributed by atoms with Crippen LogP contribution in [0.25, 0.3) is 10.9 Å². The summed E-state index contributed by atoms with van der Waals surface area (Å²) in [5.41, 5.74) is 4.27. The van der Waals surface area contributed by atoms with Gasteiger partial charge in [0.1, 0.15) is 0 Å². The molecule has 3 heterocycles. The van der Waals surface area contributed by atoms with Crippen LogP contribution in [0.5, 0.6) is 0 Å². The Balaban J connectivity index is 1.26. The van der Waals surface area contributed by atoms with Gasteiger partial charge in [0.05, 0.1) is 12.1 Å². The van der Waals surface area contributed by atoms with Gasteiger partial charge in [-0.05, 0) is 29.1 Å². The number of fused-ring (bicyclic) bond motifs is 1. The third-order valence-corrected chi connectivity index (χ3v) is 5.36. The fraction of sp³-hybridized carbons (Fsp3) is 0.333. The summed E-state index contributed by atoms with van der Waals surface area (Å²) >= 11 is 1.56. The van der Waals surface area contributed by atoms with Crippen molar-refractivity contribution in [1.82, 2.24) is 25.1 Å². The minimum absolute atomic E-state index is 0.0155. The molecule has 1 aromatic carbocycles. The number of amides is 2. The maximum atomic E-state index is 12.3. The predicted octanol–water partition coefficient (Wildman–Crippen LogP) is 2.65. The van der Waals surface area contributed by atoms with E-state index in [0.29, 0.717) is 6.54 Å². The fourth-order valence-corrected chi connectivity index (χ4v) is 3.71. The largest absolute Gasteiger partial charge is 0.361 e. The van der Waals surface area contributed by atoms with Gasteiger partial charge in [-0.2, -0.15) is 0 Å². The van der Waals surface area contributed by atoms with Crippen LogP contribution < -0.4 is 5.32 Å². The third kappa shape index (κ3) is 3.83. The zero-order valence-electron chi connectivity index (χ0n) is 13.9. The Morgan fingerprint density at radius 3 is 2.92 bits per heavy atom. The van der Waals surface area contributed by atoms with Gasteiger partial charge in [0.2, 0.25) is 0 Å². The summed E-state index contributed by atoms with van der Waals surface area (Å²) in [5.74, 6) is 0. The molecule has 0 aliphatic carbocycles. The molecule has 0 radical (unpaired) electrons. The zero-order valence-corrected chi connectivity index (χ0v) is 14.8. The number of H-pyrrole nitrogens is 1. The molecule has 7 heteroatoms. The van der Waals surface area contributed by atoms with Crippen molar-refractivity contribution in [3.63, 3.8) is 0 Å². The Bertz CT molecular complexity index is 836. The first-order valence-electron chi connectivity index (χ1n) is 8.46. The lowest BCUT2D eigenvalue weighted by Crippen LogP contribution is -2.51. The van der Waals surface area contributed by atoms with Crippen LogP contribution in [0.15, 0.2) is 42.2 Å². The molecule has 1 saturated heterocycles. The molecule has 2 aromatic heterocycles. The molecule has 2 N–H and O–H groups in total. The number of hydrogen-bond acceptors (Lipinski definition) is 4. The van der Waals surface area contributed by atoms with Crippen molar-refractivity contribution in [2.45, 2.75) is 13.1 Å². The number of nitrogens with zero attached hydrogens (tertiary/aromatic N) is 3. The van der Waals surface area contributed by atoms with Crippen LogP contribution >= 0.6 is 11.3 Å². The Morgan fingerprint density at radius 2 is 2.12 bits per heavy atom. The van der Waals surface area contributed by atoms with Gasteiger partial charge in [0.25, 0.3) is 0 Å². The summed E-state index contributed by atoms with van der Waals surface area (Å²) in [7, 11) is 0. The number of aromatic nitrogens is 2. The molecule has 2 amide bonds. The Morgan fingerprint density at radius 1 is 1.24 bits per heavy atom. The first kappa shape index (κ1) is 16.1. The molecule has 1 aliphatic rings. The quantitative estimate of drug-likeness (QED) is 0.756. The van der Waals surface area contributed by atoms with Gasteiger partial charge in [-0.15, -0.1) is 11.3 Å². The van der Waals surface area contributed by atoms with E-state index in [1.54, 1.807) is 23.0 Å². The monoisotopic (exact) mass is 355 g/mol. The lowest BCUT2D eigenvalue weighted by molar-refractivity contribution is 0.135. The highest BCUT2D eigenvalue weighted by Crippen LogP contribution is 2.16. The van der Waals surface area contributed by atoms with Gasteiger partial charge in [0, 0.05) is 55.5 Å². The minimum atomic E-state index is 0.0155. The summed E-state index contributed by atoms with van der Waals surface area (Å²) in [5, 5.41) is 4.22. The molecule has 4 rings (SSSR count). The molecular formula is C18H21N5OS. The van der Waals surface area contributed by atoms with Crippen LogP contribution in [0.1, 0.15) is 10.4 Å². The molecular weight excluding hydrogens is 334 g/mol. The number of thiazole rings is 1. The van der Waals surface area contributed by atoms with Crippen LogP contribution in [-0.4, -0.2) is 52.0 Å². The van der Waals surface area contributed by atoms with Crippen LogP contribution in [0, 0.1) is 0 Å². The van der Waals surface area contributed by atoms with E-state index in [1.807, 2.05) is 11.1 Å². The molecule has 0 atom stereocenters. The Hall–Kier alpha value is -2.38. The van der Waals surface area contributed by atoms with Gasteiger partial charge in [-0.3, -0.25) is 9.88 Å². The molecule has 0 bridgehead atoms. The Kier molecular flexibility index (Phi) is 4.67. The minimum Gasteiger partial charge on any atom is -0.361 e. The highest BCUT2D eigenvalue weighted by atomic mass is 32.1. The molecule has 0 saturated carbocycles. The molecule has 130 valence electrons. The van der Waals surface area contributed by atoms with Crippen molar-refractivity contribution < 1.29 is 4.79 Å². The van der Waals surface area contributed by atoms with Crippen LogP contribution in [0.2, 0.25) is 0 Å². The van der Waals surface area contributed by atoms with Gasteiger partial charge >= 0.3 is 6.03 Å². The van der Waals surface area contributed by atoms with Crippen molar-refractivity contribution in [3.8, 4) is 0 Å². The van der Waals surface area contributed by atoms with Gasteiger partial charge in [-0.1, -0.05) is 6.07 Å². The number of piperazine rings is 1. The summed E-state index contributed by atoms with van der Waals surface area (Å²) in [4.78, 5) is 24.9. The lowest BCUT2D eigenvalue weighted by Gasteiger charge is -2.34. The van der Waals surface area contributed by atoms with E-state index in [9.17, 15) is 4.79 Å². The van der Waals surface area contributed by atoms with Crippen molar-refractivity contribution in [2.24, 2.45) is 0 Å². The second-order valence-corrected chi connectivity index (χ2v) is 7.26. The van der Waals surface area contributed by atoms with E-state index < -0.39 is 0 Å². The van der Waals surface area contributed by atoms with Crippen molar-refractivity contribution >= 4 is 28.3 Å². The van der Waals surface area contributed by atoms with Gasteiger partial charge in [0.15, 0.2) is 0 Å². The second kappa shape index (κ2) is 7.25. The number of rotatable bonds is 4. The van der Waals surface area contributed by atoms with Gasteiger partial charge < -0.3 is 15.2 Å². The highest BCUT2D eigenvalue weighted by molar-refractivity contribution is 7.09. The smallest absolute Gasteiger partial charge is 0.317 e. The van der Waals surface area contributed by atoms with E-state index in [4.69, 9.17) is 0 Å². The van der Waals surface area contributed by atoms with E-state index in [2.05, 4.69) is 44.5 Å². The predicted molar refractivity (Wildman–Crippen MR) is 99.5 cm³/mol. The average Bonchev–Trinajstić information content (AvgIpc) is 3.31. The molecule has 0 unspecified atom stereocenters. The zero-order chi connectivity index (χ0) is 17.1. The van der Waals surface area contributed by atoms with Crippen molar-refractivity contribution in [2.75, 3.05) is 26.2 Å². The van der Waals surface area contributed by atoms with Gasteiger partial charge in [-0.25, -0.2) is 4.79 Å². The molecule has 0 spiro atoms. The Labute approximate surface area is 150 Å². The SMILES string of the molecule is O=C(NCc1cncs1)N1CCN(Cc2ccc3[nH]ccc3c2)CC1. The second-order valence-electron chi connectivity index (χ2n) is 6.29. The van der Waals surface area contributed by atoms with E-state index in [-0.39, 0.29) is 6.03 Å². The van der Waals surface area contributed by atoms with Crippen LogP contribution in [0.4, 0.5) is 4.79 Å². The summed E-state index contributed by atoms with van der Waals surface area (Å²) in [6.45, 7) is 4.82. The van der Waals surface area contributed by atoms with E-state index >= 15 is 0 Å². The summed E-state index contributed by atoms with van der Waals surface area (Å²) < 4.78 is 0. The number of aromatic amines is 1. The first-order valence-corrected chi connectivity index (χ1v) is 9.34. The normalized spacial score (nSPS) is 15.6. The number of carbonyl (C=O) groups excluding carboxylic acids is 1. The topological polar surface area (TPSA) is 64.3 Å². The van der Waals surface area contributed by atoms with Crippen molar-refractivity contribution in [1.29, 1.82) is 0 Å². The maximum Gasteiger partial charge on any atom is 0.317 e.